The van der Waals surface area contributed by atoms with Crippen molar-refractivity contribution in [3.8, 4) is 0 Å². The molecule has 120 valence electrons. The third kappa shape index (κ3) is 3.27. The van der Waals surface area contributed by atoms with Crippen molar-refractivity contribution in [2.24, 2.45) is 0 Å². The fourth-order valence-corrected chi connectivity index (χ4v) is 2.83. The maximum absolute atomic E-state index is 13.7. The fourth-order valence-electron chi connectivity index (χ4n) is 2.83. The minimum absolute atomic E-state index is 0.163. The molecule has 0 amide bonds. The molecule has 1 aliphatic rings. The lowest BCUT2D eigenvalue weighted by Gasteiger charge is -2.20. The number of nitrogens with one attached hydrogen (secondary N) is 1. The Morgan fingerprint density at radius 3 is 2.50 bits per heavy atom. The van der Waals surface area contributed by atoms with Crippen molar-refractivity contribution in [2.45, 2.75) is 24.8 Å². The highest BCUT2D eigenvalue weighted by Gasteiger charge is 2.26. The summed E-state index contributed by atoms with van der Waals surface area (Å²) in [5, 5.41) is 3.44. The van der Waals surface area contributed by atoms with Crippen LogP contribution in [0.3, 0.4) is 0 Å². The van der Waals surface area contributed by atoms with Gasteiger partial charge in [-0.25, -0.2) is 14.4 Å². The first-order valence-electron chi connectivity index (χ1n) is 8.19. The summed E-state index contributed by atoms with van der Waals surface area (Å²) in [4.78, 5) is 8.99. The van der Waals surface area contributed by atoms with Crippen LogP contribution in [0.2, 0.25) is 0 Å². The van der Waals surface area contributed by atoms with Gasteiger partial charge in [0.15, 0.2) is 0 Å². The molecule has 0 spiro atoms. The largest absolute Gasteiger partial charge is 0.359 e. The molecule has 1 atom stereocenters. The smallest absolute Gasteiger partial charge is 0.133 e. The third-order valence-electron chi connectivity index (χ3n) is 4.22. The molecule has 24 heavy (non-hydrogen) atoms. The second-order valence-electron chi connectivity index (χ2n) is 6.12. The first kappa shape index (κ1) is 14.8. The number of anilines is 1. The van der Waals surface area contributed by atoms with Crippen LogP contribution in [0, 0.1) is 5.82 Å². The van der Waals surface area contributed by atoms with Gasteiger partial charge in [-0.1, -0.05) is 42.5 Å². The van der Waals surface area contributed by atoms with E-state index in [-0.39, 0.29) is 11.9 Å². The van der Waals surface area contributed by atoms with Crippen LogP contribution < -0.4 is 5.32 Å². The van der Waals surface area contributed by atoms with Crippen LogP contribution >= 0.6 is 0 Å². The van der Waals surface area contributed by atoms with Crippen molar-refractivity contribution in [3.05, 3.63) is 89.6 Å². The molecule has 1 saturated carbocycles. The number of halogens is 1. The van der Waals surface area contributed by atoms with Crippen LogP contribution in [0.25, 0.3) is 0 Å². The molecule has 0 aliphatic heterocycles. The number of nitrogens with zero attached hydrogens (tertiary/aromatic N) is 2. The van der Waals surface area contributed by atoms with Gasteiger partial charge in [0.25, 0.3) is 0 Å². The monoisotopic (exact) mass is 319 g/mol. The summed E-state index contributed by atoms with van der Waals surface area (Å²) in [5.74, 6) is 1.92. The highest BCUT2D eigenvalue weighted by molar-refractivity contribution is 5.44. The summed E-state index contributed by atoms with van der Waals surface area (Å²) in [6, 6.07) is 18.4. The number of hydrogen-bond donors (Lipinski definition) is 1. The Morgan fingerprint density at radius 2 is 1.75 bits per heavy atom. The van der Waals surface area contributed by atoms with E-state index in [1.807, 2.05) is 42.5 Å². The van der Waals surface area contributed by atoms with E-state index in [9.17, 15) is 4.39 Å². The average molecular weight is 319 g/mol. The van der Waals surface area contributed by atoms with E-state index < -0.39 is 0 Å². The molecule has 4 heteroatoms. The molecule has 1 aliphatic carbocycles. The van der Waals surface area contributed by atoms with Gasteiger partial charge in [-0.2, -0.15) is 0 Å². The van der Waals surface area contributed by atoms with E-state index in [0.29, 0.717) is 5.92 Å². The Bertz CT molecular complexity index is 831. The van der Waals surface area contributed by atoms with Crippen LogP contribution in [-0.2, 0) is 0 Å². The zero-order valence-corrected chi connectivity index (χ0v) is 13.2. The lowest BCUT2D eigenvalue weighted by Crippen LogP contribution is -2.14. The Balaban J connectivity index is 1.69. The zero-order valence-electron chi connectivity index (χ0n) is 13.2. The van der Waals surface area contributed by atoms with Gasteiger partial charge in [-0.05, 0) is 42.2 Å². The van der Waals surface area contributed by atoms with E-state index >= 15 is 0 Å². The highest BCUT2D eigenvalue weighted by atomic mass is 19.1. The predicted molar refractivity (Wildman–Crippen MR) is 92.3 cm³/mol. The van der Waals surface area contributed by atoms with Crippen molar-refractivity contribution >= 4 is 5.82 Å². The quantitative estimate of drug-likeness (QED) is 0.741. The van der Waals surface area contributed by atoms with Crippen LogP contribution in [0.4, 0.5) is 10.2 Å². The van der Waals surface area contributed by atoms with Crippen molar-refractivity contribution < 1.29 is 4.39 Å². The Morgan fingerprint density at radius 1 is 0.958 bits per heavy atom. The summed E-state index contributed by atoms with van der Waals surface area (Å²) >= 11 is 0. The second kappa shape index (κ2) is 6.40. The van der Waals surface area contributed by atoms with E-state index in [4.69, 9.17) is 0 Å². The molecule has 0 saturated heterocycles. The van der Waals surface area contributed by atoms with Crippen LogP contribution in [0.5, 0.6) is 0 Å². The first-order chi connectivity index (χ1) is 11.8. The molecule has 4 rings (SSSR count). The Kier molecular flexibility index (Phi) is 3.95. The van der Waals surface area contributed by atoms with E-state index in [1.54, 1.807) is 18.3 Å². The van der Waals surface area contributed by atoms with E-state index in [0.717, 1.165) is 35.6 Å². The van der Waals surface area contributed by atoms with E-state index in [1.165, 1.54) is 6.07 Å². The van der Waals surface area contributed by atoms with Gasteiger partial charge in [0.1, 0.15) is 17.5 Å². The minimum atomic E-state index is -0.239. The SMILES string of the molecule is Fc1cccc(C(Nc2ccnc(C3CC3)n2)c2ccccc2)c1. The van der Waals surface area contributed by atoms with Gasteiger partial charge < -0.3 is 5.32 Å². The van der Waals surface area contributed by atoms with Crippen LogP contribution in [-0.4, -0.2) is 9.97 Å². The van der Waals surface area contributed by atoms with Crippen molar-refractivity contribution in [3.63, 3.8) is 0 Å². The molecule has 1 fully saturated rings. The third-order valence-corrected chi connectivity index (χ3v) is 4.22. The molecule has 1 N–H and O–H groups in total. The second-order valence-corrected chi connectivity index (χ2v) is 6.12. The summed E-state index contributed by atoms with van der Waals surface area (Å²) in [6.07, 6.45) is 4.11. The molecular formula is C20H18FN3. The number of aromatic nitrogens is 2. The zero-order chi connectivity index (χ0) is 16.4. The fraction of sp³-hybridized carbons (Fsp3) is 0.200. The summed E-state index contributed by atoms with van der Waals surface area (Å²) in [5.41, 5.74) is 1.93. The Hall–Kier alpha value is -2.75. The van der Waals surface area contributed by atoms with Crippen molar-refractivity contribution in [1.82, 2.24) is 9.97 Å². The van der Waals surface area contributed by atoms with Gasteiger partial charge in [0.05, 0.1) is 6.04 Å². The van der Waals surface area contributed by atoms with Gasteiger partial charge in [0.2, 0.25) is 0 Å². The molecule has 1 heterocycles. The molecule has 3 nitrogen and oxygen atoms in total. The lowest BCUT2D eigenvalue weighted by atomic mass is 9.98. The van der Waals surface area contributed by atoms with Crippen molar-refractivity contribution in [2.75, 3.05) is 5.32 Å². The standard InChI is InChI=1S/C20H18FN3/c21-17-8-4-7-16(13-17)19(14-5-2-1-3-6-14)23-18-11-12-22-20(24-18)15-9-10-15/h1-8,11-13,15,19H,9-10H2,(H,22,23,24). The predicted octanol–water partition coefficient (Wildman–Crippen LogP) is 4.69. The summed E-state index contributed by atoms with van der Waals surface area (Å²) in [6.45, 7) is 0. The molecule has 1 unspecified atom stereocenters. The number of rotatable bonds is 5. The summed E-state index contributed by atoms with van der Waals surface area (Å²) < 4.78 is 13.7. The van der Waals surface area contributed by atoms with Gasteiger partial charge >= 0.3 is 0 Å². The summed E-state index contributed by atoms with van der Waals surface area (Å²) in [7, 11) is 0. The van der Waals surface area contributed by atoms with Crippen LogP contribution in [0.1, 0.15) is 41.8 Å². The molecule has 2 aromatic carbocycles. The highest BCUT2D eigenvalue weighted by Crippen LogP contribution is 2.38. The van der Waals surface area contributed by atoms with Gasteiger partial charge in [-0.15, -0.1) is 0 Å². The lowest BCUT2D eigenvalue weighted by molar-refractivity contribution is 0.624. The Labute approximate surface area is 140 Å². The molecule has 1 aromatic heterocycles. The molecular weight excluding hydrogens is 301 g/mol. The number of hydrogen-bond acceptors (Lipinski definition) is 3. The van der Waals surface area contributed by atoms with Crippen molar-refractivity contribution in [1.29, 1.82) is 0 Å². The molecule has 0 bridgehead atoms. The topological polar surface area (TPSA) is 37.8 Å². The number of benzene rings is 2. The maximum atomic E-state index is 13.7. The maximum Gasteiger partial charge on any atom is 0.133 e. The molecule has 0 radical (unpaired) electrons. The normalized spacial score (nSPS) is 15.0. The van der Waals surface area contributed by atoms with Gasteiger partial charge in [0, 0.05) is 12.1 Å². The molecule has 3 aromatic rings. The first-order valence-corrected chi connectivity index (χ1v) is 8.19. The average Bonchev–Trinajstić information content (AvgIpc) is 3.46. The van der Waals surface area contributed by atoms with Crippen LogP contribution in [0.15, 0.2) is 66.9 Å². The van der Waals surface area contributed by atoms with E-state index in [2.05, 4.69) is 15.3 Å². The van der Waals surface area contributed by atoms with Gasteiger partial charge in [-0.3, -0.25) is 0 Å². The minimum Gasteiger partial charge on any atom is -0.359 e.